The molecule has 0 fully saturated rings. The summed E-state index contributed by atoms with van der Waals surface area (Å²) in [5.41, 5.74) is 1.67. The van der Waals surface area contributed by atoms with Crippen LogP contribution in [0.2, 0.25) is 0 Å². The van der Waals surface area contributed by atoms with Crippen LogP contribution < -0.4 is 4.74 Å². The van der Waals surface area contributed by atoms with Crippen LogP contribution in [-0.2, 0) is 6.61 Å². The van der Waals surface area contributed by atoms with Gasteiger partial charge in [0.15, 0.2) is 0 Å². The smallest absolute Gasteiger partial charge is 0.336 e. The van der Waals surface area contributed by atoms with E-state index in [-0.39, 0.29) is 12.2 Å². The molecule has 0 bridgehead atoms. The van der Waals surface area contributed by atoms with Crippen molar-refractivity contribution in [1.82, 2.24) is 4.98 Å². The van der Waals surface area contributed by atoms with Crippen LogP contribution in [0.25, 0.3) is 0 Å². The van der Waals surface area contributed by atoms with Gasteiger partial charge in [-0.3, -0.25) is 0 Å². The fourth-order valence-corrected chi connectivity index (χ4v) is 2.13. The first-order valence-electron chi connectivity index (χ1n) is 5.65. The van der Waals surface area contributed by atoms with Gasteiger partial charge in [-0.05, 0) is 25.1 Å². The Labute approximate surface area is 119 Å². The van der Waals surface area contributed by atoms with E-state index in [0.29, 0.717) is 15.9 Å². The van der Waals surface area contributed by atoms with Gasteiger partial charge < -0.3 is 9.84 Å². The highest BCUT2D eigenvalue weighted by Gasteiger charge is 2.13. The maximum absolute atomic E-state index is 11.1. The van der Waals surface area contributed by atoms with Gasteiger partial charge in [-0.1, -0.05) is 28.1 Å². The summed E-state index contributed by atoms with van der Waals surface area (Å²) in [4.78, 5) is 15.4. The number of carboxylic acids is 1. The molecule has 1 heterocycles. The molecule has 0 spiro atoms. The van der Waals surface area contributed by atoms with Gasteiger partial charge >= 0.3 is 5.97 Å². The number of hydrogen-bond donors (Lipinski definition) is 1. The molecule has 0 aliphatic heterocycles. The Balaban J connectivity index is 2.22. The van der Waals surface area contributed by atoms with Gasteiger partial charge in [-0.25, -0.2) is 9.78 Å². The fraction of sp³-hybridized carbons (Fsp3) is 0.143. The summed E-state index contributed by atoms with van der Waals surface area (Å²) in [5.74, 6) is -0.496. The number of hydrogen-bond acceptors (Lipinski definition) is 3. The van der Waals surface area contributed by atoms with Crippen LogP contribution in [0.1, 0.15) is 21.6 Å². The molecule has 98 valence electrons. The highest BCUT2D eigenvalue weighted by Crippen LogP contribution is 2.22. The molecule has 0 saturated heterocycles. The van der Waals surface area contributed by atoms with E-state index in [4.69, 9.17) is 9.84 Å². The van der Waals surface area contributed by atoms with Crippen molar-refractivity contribution in [3.8, 4) is 5.88 Å². The summed E-state index contributed by atoms with van der Waals surface area (Å²) in [6.07, 6.45) is 0. The molecule has 1 aromatic heterocycles. The minimum absolute atomic E-state index is 0.152. The molecule has 0 radical (unpaired) electrons. The molecular weight excluding hydrogens is 310 g/mol. The van der Waals surface area contributed by atoms with Gasteiger partial charge in [0, 0.05) is 21.8 Å². The fourth-order valence-electron chi connectivity index (χ4n) is 1.65. The first-order valence-corrected chi connectivity index (χ1v) is 6.44. The molecule has 0 aliphatic rings. The Morgan fingerprint density at radius 1 is 1.32 bits per heavy atom. The number of carboxylic acid groups (broad SMARTS) is 1. The van der Waals surface area contributed by atoms with Gasteiger partial charge in [0.25, 0.3) is 0 Å². The van der Waals surface area contributed by atoms with Crippen LogP contribution in [0.15, 0.2) is 40.9 Å². The van der Waals surface area contributed by atoms with Crippen LogP contribution in [-0.4, -0.2) is 16.1 Å². The number of aryl methyl sites for hydroxylation is 1. The van der Waals surface area contributed by atoms with E-state index >= 15 is 0 Å². The summed E-state index contributed by atoms with van der Waals surface area (Å²) in [6, 6.07) is 10.5. The number of ether oxygens (including phenoxy) is 1. The average molecular weight is 322 g/mol. The number of nitrogens with zero attached hydrogens (tertiary/aromatic N) is 1. The molecule has 2 rings (SSSR count). The normalized spacial score (nSPS) is 10.2. The molecule has 0 amide bonds. The lowest BCUT2D eigenvalue weighted by Gasteiger charge is -2.10. The molecule has 2 aromatic rings. The molecule has 4 nitrogen and oxygen atoms in total. The second-order valence-electron chi connectivity index (χ2n) is 3.98. The lowest BCUT2D eigenvalue weighted by atomic mass is 10.1. The molecule has 0 atom stereocenters. The standard InChI is InChI=1S/C14H12BrNO3/c1-9-4-2-7-13(16-9)19-8-11-10(14(17)18)5-3-6-12(11)15/h2-7H,8H2,1H3,(H,17,18). The van der Waals surface area contributed by atoms with E-state index in [9.17, 15) is 4.79 Å². The van der Waals surface area contributed by atoms with E-state index in [1.165, 1.54) is 0 Å². The summed E-state index contributed by atoms with van der Waals surface area (Å²) >= 11 is 3.34. The Hall–Kier alpha value is -1.88. The predicted octanol–water partition coefficient (Wildman–Crippen LogP) is 3.43. The zero-order valence-corrected chi connectivity index (χ0v) is 11.8. The molecule has 0 aliphatic carbocycles. The van der Waals surface area contributed by atoms with E-state index in [1.807, 2.05) is 19.1 Å². The molecule has 0 unspecified atom stereocenters. The van der Waals surface area contributed by atoms with Gasteiger partial charge in [-0.15, -0.1) is 0 Å². The van der Waals surface area contributed by atoms with Crippen molar-refractivity contribution >= 4 is 21.9 Å². The topological polar surface area (TPSA) is 59.4 Å². The number of carbonyl (C=O) groups is 1. The summed E-state index contributed by atoms with van der Waals surface area (Å²) in [5, 5.41) is 9.14. The van der Waals surface area contributed by atoms with E-state index in [2.05, 4.69) is 20.9 Å². The van der Waals surface area contributed by atoms with Crippen molar-refractivity contribution < 1.29 is 14.6 Å². The first-order chi connectivity index (χ1) is 9.08. The molecule has 0 saturated carbocycles. The van der Waals surface area contributed by atoms with Crippen molar-refractivity contribution in [1.29, 1.82) is 0 Å². The number of rotatable bonds is 4. The van der Waals surface area contributed by atoms with Crippen LogP contribution in [0.4, 0.5) is 0 Å². The van der Waals surface area contributed by atoms with Crippen LogP contribution in [0.5, 0.6) is 5.88 Å². The number of aromatic carboxylic acids is 1. The van der Waals surface area contributed by atoms with Gasteiger partial charge in [0.2, 0.25) is 5.88 Å². The Kier molecular flexibility index (Phi) is 4.16. The minimum Gasteiger partial charge on any atom is -0.478 e. The third-order valence-corrected chi connectivity index (χ3v) is 3.32. The third-order valence-electron chi connectivity index (χ3n) is 2.58. The zero-order chi connectivity index (χ0) is 13.8. The highest BCUT2D eigenvalue weighted by atomic mass is 79.9. The summed E-state index contributed by atoms with van der Waals surface area (Å²) < 4.78 is 6.25. The van der Waals surface area contributed by atoms with E-state index in [1.54, 1.807) is 24.3 Å². The maximum atomic E-state index is 11.1. The summed E-state index contributed by atoms with van der Waals surface area (Å²) in [7, 11) is 0. The van der Waals surface area contributed by atoms with E-state index in [0.717, 1.165) is 5.69 Å². The second kappa shape index (κ2) is 5.84. The van der Waals surface area contributed by atoms with Crippen molar-refractivity contribution in [2.75, 3.05) is 0 Å². The third kappa shape index (κ3) is 3.32. The van der Waals surface area contributed by atoms with Gasteiger partial charge in [0.05, 0.1) is 5.56 Å². The lowest BCUT2D eigenvalue weighted by molar-refractivity contribution is 0.0693. The largest absolute Gasteiger partial charge is 0.478 e. The van der Waals surface area contributed by atoms with Crippen LogP contribution >= 0.6 is 15.9 Å². The highest BCUT2D eigenvalue weighted by molar-refractivity contribution is 9.10. The Morgan fingerprint density at radius 2 is 2.05 bits per heavy atom. The van der Waals surface area contributed by atoms with Crippen molar-refractivity contribution in [3.63, 3.8) is 0 Å². The van der Waals surface area contributed by atoms with Crippen molar-refractivity contribution in [3.05, 3.63) is 57.7 Å². The number of halogens is 1. The van der Waals surface area contributed by atoms with Gasteiger partial charge in [-0.2, -0.15) is 0 Å². The molecule has 5 heteroatoms. The maximum Gasteiger partial charge on any atom is 0.336 e. The lowest BCUT2D eigenvalue weighted by Crippen LogP contribution is -2.07. The molecule has 19 heavy (non-hydrogen) atoms. The average Bonchev–Trinajstić information content (AvgIpc) is 2.37. The molecule has 1 N–H and O–H groups in total. The predicted molar refractivity (Wildman–Crippen MR) is 74.4 cm³/mol. The van der Waals surface area contributed by atoms with E-state index < -0.39 is 5.97 Å². The number of pyridine rings is 1. The Morgan fingerprint density at radius 3 is 2.74 bits per heavy atom. The zero-order valence-electron chi connectivity index (χ0n) is 10.3. The number of benzene rings is 1. The second-order valence-corrected chi connectivity index (χ2v) is 4.83. The van der Waals surface area contributed by atoms with Gasteiger partial charge in [0.1, 0.15) is 6.61 Å². The first kappa shape index (κ1) is 13.5. The monoisotopic (exact) mass is 321 g/mol. The van der Waals surface area contributed by atoms with Crippen LogP contribution in [0, 0.1) is 6.92 Å². The molecule has 1 aromatic carbocycles. The van der Waals surface area contributed by atoms with Crippen LogP contribution in [0.3, 0.4) is 0 Å². The molecular formula is C14H12BrNO3. The minimum atomic E-state index is -0.975. The SMILES string of the molecule is Cc1cccc(OCc2c(Br)cccc2C(=O)O)n1. The van der Waals surface area contributed by atoms with Crippen molar-refractivity contribution in [2.24, 2.45) is 0 Å². The Bertz CT molecular complexity index is 613. The summed E-state index contributed by atoms with van der Waals surface area (Å²) in [6.45, 7) is 2.02. The quantitative estimate of drug-likeness (QED) is 0.937. The number of aromatic nitrogens is 1. The van der Waals surface area contributed by atoms with Crippen molar-refractivity contribution in [2.45, 2.75) is 13.5 Å².